The lowest BCUT2D eigenvalue weighted by atomic mass is 10.1. The average Bonchev–Trinajstić information content (AvgIpc) is 3.16. The average molecular weight is 531 g/mol. The number of carbonyl (C=O) groups is 1. The Morgan fingerprint density at radius 1 is 1.11 bits per heavy atom. The number of hydrogen-bond acceptors (Lipinski definition) is 8. The first-order valence-corrected chi connectivity index (χ1v) is 13.8. The highest BCUT2D eigenvalue weighted by atomic mass is 35.5. The van der Waals surface area contributed by atoms with Crippen molar-refractivity contribution in [1.29, 1.82) is 0 Å². The molecule has 8 nitrogen and oxygen atoms in total. The molecule has 0 saturated heterocycles. The molecule has 0 bridgehead atoms. The Labute approximate surface area is 217 Å². The van der Waals surface area contributed by atoms with Crippen LogP contribution in [-0.2, 0) is 16.3 Å². The minimum Gasteiger partial charge on any atom is -0.489 e. The molecule has 0 amide bonds. The molecule has 0 fully saturated rings. The highest BCUT2D eigenvalue weighted by molar-refractivity contribution is 7.92. The fourth-order valence-corrected chi connectivity index (χ4v) is 5.47. The van der Waals surface area contributed by atoms with Crippen LogP contribution in [0.2, 0.25) is 0 Å². The summed E-state index contributed by atoms with van der Waals surface area (Å²) in [5, 5.41) is 9.42. The largest absolute Gasteiger partial charge is 0.489 e. The van der Waals surface area contributed by atoms with E-state index in [9.17, 15) is 13.2 Å². The van der Waals surface area contributed by atoms with Crippen LogP contribution in [0.5, 0.6) is 5.75 Å². The van der Waals surface area contributed by atoms with Gasteiger partial charge >= 0.3 is 0 Å². The molecular weight excluding hydrogens is 500 g/mol. The van der Waals surface area contributed by atoms with Crippen molar-refractivity contribution in [2.24, 2.45) is 4.99 Å². The molecule has 0 saturated carbocycles. The second-order valence-electron chi connectivity index (χ2n) is 9.61. The maximum Gasteiger partial charge on any atom is 0.203 e. The van der Waals surface area contributed by atoms with Gasteiger partial charge in [-0.25, -0.2) is 13.4 Å². The van der Waals surface area contributed by atoms with E-state index in [1.165, 1.54) is 6.21 Å². The Bertz CT molecular complexity index is 1370. The number of rotatable bonds is 8. The predicted octanol–water partition coefficient (Wildman–Crippen LogP) is 5.06. The normalized spacial score (nSPS) is 19.5. The summed E-state index contributed by atoms with van der Waals surface area (Å²) < 4.78 is 31.8. The number of Topliss-reactive ketones (excluding diaryl/α,β-unsaturated/α-hetero) is 1. The van der Waals surface area contributed by atoms with Crippen LogP contribution in [0, 0.1) is 0 Å². The molecule has 10 heteroatoms. The molecule has 0 spiro atoms. The number of aliphatic imine (C=N–C) groups is 1. The van der Waals surface area contributed by atoms with Gasteiger partial charge in [0.1, 0.15) is 11.6 Å². The number of ketones is 1. The van der Waals surface area contributed by atoms with Crippen LogP contribution in [-0.4, -0.2) is 37.6 Å². The Kier molecular flexibility index (Phi) is 7.07. The van der Waals surface area contributed by atoms with Gasteiger partial charge in [-0.1, -0.05) is 23.7 Å². The first-order chi connectivity index (χ1) is 16.9. The van der Waals surface area contributed by atoms with Crippen molar-refractivity contribution < 1.29 is 17.9 Å². The highest BCUT2D eigenvalue weighted by Gasteiger charge is 2.32. The molecule has 2 aliphatic rings. The number of halogens is 1. The second kappa shape index (κ2) is 9.78. The van der Waals surface area contributed by atoms with Crippen molar-refractivity contribution in [2.45, 2.75) is 69.5 Å². The van der Waals surface area contributed by atoms with Gasteiger partial charge in [-0.2, -0.15) is 0 Å². The maximum absolute atomic E-state index is 12.9. The lowest BCUT2D eigenvalue weighted by Crippen LogP contribution is -2.50. The fraction of sp³-hybridized carbons (Fsp3) is 0.385. The number of allylic oxidation sites excluding steroid dienone is 1. The van der Waals surface area contributed by atoms with Gasteiger partial charge in [0.25, 0.3) is 0 Å². The van der Waals surface area contributed by atoms with E-state index in [-0.39, 0.29) is 21.8 Å². The van der Waals surface area contributed by atoms with E-state index in [1.807, 2.05) is 26.0 Å². The molecule has 2 aromatic carbocycles. The monoisotopic (exact) mass is 530 g/mol. The van der Waals surface area contributed by atoms with E-state index in [4.69, 9.17) is 16.3 Å². The summed E-state index contributed by atoms with van der Waals surface area (Å²) in [4.78, 5) is 17.1. The van der Waals surface area contributed by atoms with E-state index in [0.717, 1.165) is 5.56 Å². The summed E-state index contributed by atoms with van der Waals surface area (Å²) in [6, 6.07) is 10.4. The van der Waals surface area contributed by atoms with Crippen molar-refractivity contribution in [3.8, 4) is 5.75 Å². The van der Waals surface area contributed by atoms with Crippen molar-refractivity contribution in [1.82, 2.24) is 5.32 Å². The molecule has 1 heterocycles. The number of aryl methyl sites for hydroxylation is 1. The molecule has 0 aromatic heterocycles. The number of para-hydroxylation sites is 1. The molecule has 2 aromatic rings. The number of ether oxygens (including phenoxy) is 1. The minimum atomic E-state index is -3.54. The van der Waals surface area contributed by atoms with Gasteiger partial charge in [0.2, 0.25) is 5.79 Å². The van der Waals surface area contributed by atoms with E-state index < -0.39 is 20.9 Å². The van der Waals surface area contributed by atoms with E-state index in [2.05, 4.69) is 20.9 Å². The summed E-state index contributed by atoms with van der Waals surface area (Å²) in [7, 11) is -3.54. The van der Waals surface area contributed by atoms with Gasteiger partial charge in [0.15, 0.2) is 15.6 Å². The number of nitrogens with zero attached hydrogens (tertiary/aromatic N) is 1. The Balaban J connectivity index is 1.64. The summed E-state index contributed by atoms with van der Waals surface area (Å²) >= 11 is 6.45. The van der Waals surface area contributed by atoms with Crippen LogP contribution in [0.15, 0.2) is 57.1 Å². The Morgan fingerprint density at radius 3 is 2.53 bits per heavy atom. The summed E-state index contributed by atoms with van der Waals surface area (Å²) in [6.07, 6.45) is 2.61. The standard InChI is InChI=1S/C26H31ClN4O4S/c1-15(2)35-23-12-17-10-11-22(32)18(17)13-21(23)30-26(5)28-14-19(27)25(31-26)29-20-8-6-7-9-24(20)36(33,34)16(3)4/h6-9,12-16,29-31H,10-11H2,1-5H3. The second-order valence-corrected chi connectivity index (χ2v) is 12.5. The zero-order valence-corrected chi connectivity index (χ0v) is 22.5. The van der Waals surface area contributed by atoms with E-state index in [0.29, 0.717) is 41.4 Å². The summed E-state index contributed by atoms with van der Waals surface area (Å²) in [6.45, 7) is 8.97. The number of sulfone groups is 1. The van der Waals surface area contributed by atoms with Crippen molar-refractivity contribution in [2.75, 3.05) is 10.6 Å². The topological polar surface area (TPSA) is 109 Å². The van der Waals surface area contributed by atoms with Crippen LogP contribution in [0.4, 0.5) is 11.4 Å². The fourth-order valence-electron chi connectivity index (χ4n) is 4.13. The lowest BCUT2D eigenvalue weighted by molar-refractivity contribution is 0.0994. The van der Waals surface area contributed by atoms with Crippen molar-refractivity contribution in [3.05, 3.63) is 58.4 Å². The third kappa shape index (κ3) is 5.22. The zero-order chi connectivity index (χ0) is 26.3. The Morgan fingerprint density at radius 2 is 1.83 bits per heavy atom. The molecule has 0 radical (unpaired) electrons. The molecule has 1 atom stereocenters. The van der Waals surface area contributed by atoms with Crippen LogP contribution < -0.4 is 20.7 Å². The lowest BCUT2D eigenvalue weighted by Gasteiger charge is -2.35. The summed E-state index contributed by atoms with van der Waals surface area (Å²) in [5.74, 6) is 0.0388. The molecule has 1 aliphatic heterocycles. The smallest absolute Gasteiger partial charge is 0.203 e. The number of carbonyl (C=O) groups excluding carboxylic acids is 1. The first-order valence-electron chi connectivity index (χ1n) is 11.9. The van der Waals surface area contributed by atoms with Gasteiger partial charge in [-0.05, 0) is 70.9 Å². The van der Waals surface area contributed by atoms with Crippen LogP contribution in [0.25, 0.3) is 0 Å². The third-order valence-corrected chi connectivity index (χ3v) is 8.48. The van der Waals surface area contributed by atoms with Crippen LogP contribution in [0.1, 0.15) is 57.0 Å². The van der Waals surface area contributed by atoms with Gasteiger partial charge in [-0.15, -0.1) is 0 Å². The van der Waals surface area contributed by atoms with E-state index >= 15 is 0 Å². The Hall–Kier alpha value is -3.04. The molecule has 36 heavy (non-hydrogen) atoms. The van der Waals surface area contributed by atoms with Gasteiger partial charge < -0.3 is 20.7 Å². The predicted molar refractivity (Wildman–Crippen MR) is 144 cm³/mol. The van der Waals surface area contributed by atoms with Gasteiger partial charge in [0.05, 0.1) is 32.7 Å². The molecule has 1 aliphatic carbocycles. The van der Waals surface area contributed by atoms with Crippen LogP contribution >= 0.6 is 11.6 Å². The quantitative estimate of drug-likeness (QED) is 0.437. The zero-order valence-electron chi connectivity index (χ0n) is 21.0. The molecule has 192 valence electrons. The van der Waals surface area contributed by atoms with Crippen molar-refractivity contribution in [3.63, 3.8) is 0 Å². The molecule has 3 N–H and O–H groups in total. The SMILES string of the molecule is CC(C)Oc1cc2c(cc1NC1(C)N=CC(Cl)=C(Nc3ccccc3S(=O)(=O)C(C)C)N1)C(=O)CC2. The molecule has 4 rings (SSSR count). The van der Waals surface area contributed by atoms with Crippen molar-refractivity contribution >= 4 is 44.8 Å². The maximum atomic E-state index is 12.9. The van der Waals surface area contributed by atoms with Crippen LogP contribution in [0.3, 0.4) is 0 Å². The molecular formula is C26H31ClN4O4S. The van der Waals surface area contributed by atoms with Gasteiger partial charge in [0, 0.05) is 18.2 Å². The number of hydrogen-bond donors (Lipinski definition) is 3. The first kappa shape index (κ1) is 26.0. The summed E-state index contributed by atoms with van der Waals surface area (Å²) in [5.41, 5.74) is 2.66. The number of fused-ring (bicyclic) bond motifs is 1. The third-order valence-electron chi connectivity index (χ3n) is 5.99. The number of anilines is 2. The van der Waals surface area contributed by atoms with E-state index in [1.54, 1.807) is 45.0 Å². The molecule has 1 unspecified atom stereocenters. The van der Waals surface area contributed by atoms with Gasteiger partial charge in [-0.3, -0.25) is 4.79 Å². The number of benzene rings is 2. The number of nitrogens with one attached hydrogen (secondary N) is 3. The highest BCUT2D eigenvalue weighted by Crippen LogP contribution is 2.36. The minimum absolute atomic E-state index is 0.0673.